The van der Waals surface area contributed by atoms with Gasteiger partial charge in [0.1, 0.15) is 13.2 Å². The van der Waals surface area contributed by atoms with Crippen molar-refractivity contribution in [2.24, 2.45) is 0 Å². The smallest absolute Gasteiger partial charge is 0.333 e. The maximum absolute atomic E-state index is 11.3. The zero-order valence-corrected chi connectivity index (χ0v) is 16.5. The minimum absolute atomic E-state index is 0.278. The van der Waals surface area contributed by atoms with Crippen LogP contribution in [0.15, 0.2) is 12.2 Å². The quantitative estimate of drug-likeness (QED) is 0.154. The third-order valence-electron chi connectivity index (χ3n) is 4.20. The molecule has 23 heavy (non-hydrogen) atoms. The van der Waals surface area contributed by atoms with E-state index in [1.165, 1.54) is 57.8 Å². The Labute approximate surface area is 149 Å². The lowest BCUT2D eigenvalue weighted by atomic mass is 10.1. The highest BCUT2D eigenvalue weighted by atomic mass is 32.1. The fourth-order valence-electron chi connectivity index (χ4n) is 2.51. The molecule has 0 aliphatic rings. The van der Waals surface area contributed by atoms with Gasteiger partial charge in [0.05, 0.1) is 20.6 Å². The van der Waals surface area contributed by atoms with E-state index in [4.69, 9.17) is 4.74 Å². The second-order valence-corrected chi connectivity index (χ2v) is 7.65. The fourth-order valence-corrected chi connectivity index (χ4v) is 2.73. The van der Waals surface area contributed by atoms with Crippen molar-refractivity contribution in [1.29, 1.82) is 0 Å². The second kappa shape index (κ2) is 13.9. The number of esters is 1. The van der Waals surface area contributed by atoms with Crippen molar-refractivity contribution in [3.05, 3.63) is 12.2 Å². The molecule has 0 bridgehead atoms. The number of quaternary nitrogens is 1. The van der Waals surface area contributed by atoms with Crippen LogP contribution < -0.4 is 0 Å². The molecule has 0 unspecified atom stereocenters. The molecule has 4 heteroatoms. The van der Waals surface area contributed by atoms with Gasteiger partial charge >= 0.3 is 5.97 Å². The molecule has 0 saturated carbocycles. The molecule has 0 atom stereocenters. The lowest BCUT2D eigenvalue weighted by Crippen LogP contribution is -2.43. The summed E-state index contributed by atoms with van der Waals surface area (Å²) in [5, 5.41) is 0. The number of likely N-dealkylation sites (N-methyl/N-ethyl adjacent to an activating group) is 1. The number of hydrogen-bond donors (Lipinski definition) is 1. The Morgan fingerprint density at radius 2 is 1.39 bits per heavy atom. The van der Waals surface area contributed by atoms with Crippen LogP contribution in [0.25, 0.3) is 0 Å². The molecule has 136 valence electrons. The van der Waals surface area contributed by atoms with Crippen LogP contribution in [0, 0.1) is 0 Å². The van der Waals surface area contributed by atoms with E-state index in [2.05, 4.69) is 33.3 Å². The Balaban J connectivity index is 3.48. The van der Waals surface area contributed by atoms with Crippen LogP contribution in [0.4, 0.5) is 0 Å². The molecular formula is C19H38NO2S+. The molecule has 0 rings (SSSR count). The lowest BCUT2D eigenvalue weighted by Gasteiger charge is -2.29. The highest BCUT2D eigenvalue weighted by molar-refractivity contribution is 7.80. The number of nitrogens with zero attached hydrogens (tertiary/aromatic N) is 1. The third-order valence-corrected chi connectivity index (χ3v) is 4.52. The standard InChI is InChI=1S/C19H37NO2S/c1-18(2)19(21)22-16-15-20(3,4)14-12-10-8-6-5-7-9-11-13-17-23/h1,5-17H2,2-4H3/p+1. The summed E-state index contributed by atoms with van der Waals surface area (Å²) in [5.74, 6) is 0.750. The molecule has 0 amide bonds. The molecule has 0 aromatic carbocycles. The molecular weight excluding hydrogens is 306 g/mol. The summed E-state index contributed by atoms with van der Waals surface area (Å²) in [7, 11) is 4.41. The van der Waals surface area contributed by atoms with Gasteiger partial charge in [-0.1, -0.05) is 45.1 Å². The van der Waals surface area contributed by atoms with Gasteiger partial charge in [-0.25, -0.2) is 4.79 Å². The van der Waals surface area contributed by atoms with Crippen LogP contribution in [0.5, 0.6) is 0 Å². The monoisotopic (exact) mass is 344 g/mol. The molecule has 0 aromatic rings. The molecule has 3 nitrogen and oxygen atoms in total. The Hall–Kier alpha value is -0.480. The first-order valence-corrected chi connectivity index (χ1v) is 9.78. The summed E-state index contributed by atoms with van der Waals surface area (Å²) in [4.78, 5) is 11.3. The number of carbonyl (C=O) groups excluding carboxylic acids is 1. The van der Waals surface area contributed by atoms with E-state index in [1.807, 2.05) is 0 Å². The zero-order valence-electron chi connectivity index (χ0n) is 15.6. The summed E-state index contributed by atoms with van der Waals surface area (Å²) >= 11 is 4.24. The minimum atomic E-state index is -0.278. The van der Waals surface area contributed by atoms with E-state index in [0.717, 1.165) is 23.3 Å². The van der Waals surface area contributed by atoms with Crippen LogP contribution in [0.1, 0.15) is 64.7 Å². The zero-order chi connectivity index (χ0) is 17.6. The summed E-state index contributed by atoms with van der Waals surface area (Å²) in [6.45, 7) is 7.76. The normalized spacial score (nSPS) is 11.5. The highest BCUT2D eigenvalue weighted by Gasteiger charge is 2.15. The van der Waals surface area contributed by atoms with Gasteiger partial charge in [-0.2, -0.15) is 12.6 Å². The summed E-state index contributed by atoms with van der Waals surface area (Å²) < 4.78 is 6.09. The Morgan fingerprint density at radius 1 is 0.913 bits per heavy atom. The van der Waals surface area contributed by atoms with Crippen LogP contribution >= 0.6 is 12.6 Å². The van der Waals surface area contributed by atoms with Crippen molar-refractivity contribution in [3.63, 3.8) is 0 Å². The Bertz CT molecular complexity index is 329. The number of hydrogen-bond acceptors (Lipinski definition) is 3. The topological polar surface area (TPSA) is 26.3 Å². The Morgan fingerprint density at radius 3 is 1.87 bits per heavy atom. The van der Waals surface area contributed by atoms with Crippen LogP contribution in [-0.2, 0) is 9.53 Å². The number of unbranched alkanes of at least 4 members (excludes halogenated alkanes) is 8. The summed E-state index contributed by atoms with van der Waals surface area (Å²) in [5.41, 5.74) is 0.473. The van der Waals surface area contributed by atoms with Gasteiger partial charge in [0.25, 0.3) is 0 Å². The van der Waals surface area contributed by atoms with E-state index >= 15 is 0 Å². The highest BCUT2D eigenvalue weighted by Crippen LogP contribution is 2.11. The van der Waals surface area contributed by atoms with Gasteiger partial charge in [0.2, 0.25) is 0 Å². The first-order chi connectivity index (χ1) is 10.9. The van der Waals surface area contributed by atoms with Gasteiger partial charge in [0.15, 0.2) is 0 Å². The minimum Gasteiger partial charge on any atom is -0.456 e. The predicted molar refractivity (Wildman–Crippen MR) is 103 cm³/mol. The van der Waals surface area contributed by atoms with Gasteiger partial charge in [0, 0.05) is 5.57 Å². The Kier molecular flexibility index (Phi) is 13.6. The molecule has 0 saturated heterocycles. The lowest BCUT2D eigenvalue weighted by molar-refractivity contribution is -0.890. The van der Waals surface area contributed by atoms with Crippen molar-refractivity contribution in [3.8, 4) is 0 Å². The van der Waals surface area contributed by atoms with E-state index < -0.39 is 0 Å². The van der Waals surface area contributed by atoms with E-state index in [1.54, 1.807) is 6.92 Å². The second-order valence-electron chi connectivity index (χ2n) is 7.20. The molecule has 0 aliphatic carbocycles. The SMILES string of the molecule is C=C(C)C(=O)OCC[N+](C)(C)CCCCCCCCCCCS. The number of carbonyl (C=O) groups is 1. The van der Waals surface area contributed by atoms with Crippen molar-refractivity contribution in [2.45, 2.75) is 64.7 Å². The van der Waals surface area contributed by atoms with Gasteiger partial charge in [-0.3, -0.25) is 0 Å². The molecule has 0 heterocycles. The number of rotatable bonds is 15. The fraction of sp³-hybridized carbons (Fsp3) is 0.842. The summed E-state index contributed by atoms with van der Waals surface area (Å²) in [6.07, 6.45) is 12.0. The number of ether oxygens (including phenoxy) is 1. The third kappa shape index (κ3) is 14.8. The van der Waals surface area contributed by atoms with Gasteiger partial charge < -0.3 is 9.22 Å². The van der Waals surface area contributed by atoms with Crippen molar-refractivity contribution in [1.82, 2.24) is 0 Å². The largest absolute Gasteiger partial charge is 0.456 e. The molecule has 0 fully saturated rings. The molecule has 0 spiro atoms. The van der Waals surface area contributed by atoms with Gasteiger partial charge in [-0.05, 0) is 31.9 Å². The van der Waals surface area contributed by atoms with E-state index in [9.17, 15) is 4.79 Å². The molecule has 0 radical (unpaired) electrons. The van der Waals surface area contributed by atoms with E-state index in [-0.39, 0.29) is 5.97 Å². The van der Waals surface area contributed by atoms with Crippen LogP contribution in [-0.4, -0.2) is 50.0 Å². The average molecular weight is 345 g/mol. The number of thiol groups is 1. The first-order valence-electron chi connectivity index (χ1n) is 9.14. The van der Waals surface area contributed by atoms with Crippen molar-refractivity contribution >= 4 is 18.6 Å². The van der Waals surface area contributed by atoms with Gasteiger partial charge in [-0.15, -0.1) is 0 Å². The first kappa shape index (κ1) is 22.5. The molecule has 0 aliphatic heterocycles. The van der Waals surface area contributed by atoms with Crippen LogP contribution in [0.3, 0.4) is 0 Å². The maximum Gasteiger partial charge on any atom is 0.333 e. The average Bonchev–Trinajstić information content (AvgIpc) is 2.48. The van der Waals surface area contributed by atoms with Crippen molar-refractivity contribution < 1.29 is 14.0 Å². The van der Waals surface area contributed by atoms with Crippen LogP contribution in [0.2, 0.25) is 0 Å². The molecule has 0 aromatic heterocycles. The van der Waals surface area contributed by atoms with E-state index in [0.29, 0.717) is 12.2 Å². The molecule has 0 N–H and O–H groups in total. The predicted octanol–water partition coefficient (Wildman–Crippen LogP) is 4.62. The van der Waals surface area contributed by atoms with Crippen molar-refractivity contribution in [2.75, 3.05) is 39.5 Å². The maximum atomic E-state index is 11.3. The summed E-state index contributed by atoms with van der Waals surface area (Å²) in [6, 6.07) is 0.